The van der Waals surface area contributed by atoms with Gasteiger partial charge in [-0.1, -0.05) is 11.8 Å². The molecule has 2 rings (SSSR count). The number of carbonyl (C=O) groups excluding carboxylic acids is 2. The van der Waals surface area contributed by atoms with Crippen LogP contribution in [-0.4, -0.2) is 57.2 Å². The fourth-order valence-electron chi connectivity index (χ4n) is 2.52. The highest BCUT2D eigenvalue weighted by atomic mass is 32.2. The average molecular weight is 410 g/mol. The van der Waals surface area contributed by atoms with Gasteiger partial charge in [0, 0.05) is 18.4 Å². The minimum Gasteiger partial charge on any atom is -0.394 e. The molecule has 28 heavy (non-hydrogen) atoms. The molecule has 0 radical (unpaired) electrons. The van der Waals surface area contributed by atoms with E-state index in [-0.39, 0.29) is 42.9 Å². The summed E-state index contributed by atoms with van der Waals surface area (Å²) in [7, 11) is 0. The van der Waals surface area contributed by atoms with Gasteiger partial charge in [0.25, 0.3) is 5.56 Å². The third kappa shape index (κ3) is 6.56. The molecule has 1 fully saturated rings. The number of hydrogen-bond acceptors (Lipinski definition) is 7. The standard InChI is InChI=1S/C17H22N4O6S/c18-13(23)10-28-7-5-14(24)19-6-1-2-11-8-21(17(26)20-16(11)25)15-4-3-12(9-22)27-15/h8,12,15,22H,3-7,9-10H2,(H2,18,23)(H,19,24)(H,20,25,26)/t12-,15+/m0/s1. The number of aromatic nitrogens is 2. The van der Waals surface area contributed by atoms with Crippen LogP contribution in [0.4, 0.5) is 0 Å². The lowest BCUT2D eigenvalue weighted by molar-refractivity contribution is -0.120. The topological polar surface area (TPSA) is 157 Å². The van der Waals surface area contributed by atoms with Crippen LogP contribution >= 0.6 is 11.8 Å². The van der Waals surface area contributed by atoms with Gasteiger partial charge in [0.1, 0.15) is 11.8 Å². The Balaban J connectivity index is 1.91. The van der Waals surface area contributed by atoms with Gasteiger partial charge >= 0.3 is 5.69 Å². The van der Waals surface area contributed by atoms with E-state index in [0.29, 0.717) is 18.6 Å². The minimum atomic E-state index is -0.625. The normalized spacial score (nSPS) is 18.3. The molecule has 0 saturated carbocycles. The number of aliphatic hydroxyl groups excluding tert-OH is 1. The van der Waals surface area contributed by atoms with Gasteiger partial charge in [-0.05, 0) is 12.8 Å². The summed E-state index contributed by atoms with van der Waals surface area (Å²) in [5, 5.41) is 11.7. The summed E-state index contributed by atoms with van der Waals surface area (Å²) in [4.78, 5) is 48.3. The van der Waals surface area contributed by atoms with Gasteiger partial charge in [-0.2, -0.15) is 11.8 Å². The summed E-state index contributed by atoms with van der Waals surface area (Å²) in [6, 6.07) is 0. The number of hydrogen-bond donors (Lipinski definition) is 4. The Hall–Kier alpha value is -2.55. The van der Waals surface area contributed by atoms with E-state index in [4.69, 9.17) is 15.6 Å². The van der Waals surface area contributed by atoms with E-state index in [1.807, 2.05) is 0 Å². The van der Waals surface area contributed by atoms with Crippen LogP contribution in [0.1, 0.15) is 31.1 Å². The first-order chi connectivity index (χ1) is 13.4. The maximum absolute atomic E-state index is 12.0. The molecule has 1 saturated heterocycles. The third-order valence-electron chi connectivity index (χ3n) is 3.88. The number of amides is 2. The van der Waals surface area contributed by atoms with Crippen LogP contribution in [0.3, 0.4) is 0 Å². The predicted molar refractivity (Wildman–Crippen MR) is 103 cm³/mol. The lowest BCUT2D eigenvalue weighted by Gasteiger charge is -2.14. The Morgan fingerprint density at radius 3 is 2.89 bits per heavy atom. The number of ether oxygens (including phenoxy) is 1. The Kier molecular flexibility index (Phi) is 8.31. The van der Waals surface area contributed by atoms with Crippen molar-refractivity contribution < 1.29 is 19.4 Å². The number of nitrogens with two attached hydrogens (primary N) is 1. The fourth-order valence-corrected chi connectivity index (χ4v) is 3.20. The largest absolute Gasteiger partial charge is 0.394 e. The molecule has 0 aliphatic carbocycles. The second-order valence-corrected chi connectivity index (χ2v) is 7.13. The zero-order valence-electron chi connectivity index (χ0n) is 15.1. The number of primary amides is 1. The van der Waals surface area contributed by atoms with Gasteiger partial charge in [-0.3, -0.25) is 23.9 Å². The molecule has 5 N–H and O–H groups in total. The lowest BCUT2D eigenvalue weighted by Crippen LogP contribution is -2.33. The zero-order chi connectivity index (χ0) is 20.5. The predicted octanol–water partition coefficient (Wildman–Crippen LogP) is -1.72. The van der Waals surface area contributed by atoms with Crippen molar-refractivity contribution in [2.75, 3.05) is 24.7 Å². The Morgan fingerprint density at radius 2 is 2.21 bits per heavy atom. The summed E-state index contributed by atoms with van der Waals surface area (Å²) < 4.78 is 6.79. The summed E-state index contributed by atoms with van der Waals surface area (Å²) in [5.41, 5.74) is 3.84. The fraction of sp³-hybridized carbons (Fsp3) is 0.529. The van der Waals surface area contributed by atoms with Gasteiger partial charge in [-0.15, -0.1) is 0 Å². The molecule has 11 heteroatoms. The SMILES string of the molecule is NC(=O)CSCCC(=O)NCC#Cc1cn([C@H]2CC[C@@H](CO)O2)c(=O)[nH]c1=O. The highest BCUT2D eigenvalue weighted by Crippen LogP contribution is 2.26. The number of aromatic amines is 1. The van der Waals surface area contributed by atoms with Crippen molar-refractivity contribution in [1.29, 1.82) is 0 Å². The number of rotatable bonds is 8. The summed E-state index contributed by atoms with van der Waals surface area (Å²) in [5.74, 6) is 5.24. The van der Waals surface area contributed by atoms with Crippen LogP contribution in [0.15, 0.2) is 15.8 Å². The van der Waals surface area contributed by atoms with Gasteiger partial charge in [0.15, 0.2) is 0 Å². The van der Waals surface area contributed by atoms with Crippen molar-refractivity contribution in [2.24, 2.45) is 5.73 Å². The van der Waals surface area contributed by atoms with Gasteiger partial charge < -0.3 is 20.9 Å². The van der Waals surface area contributed by atoms with Crippen molar-refractivity contribution in [2.45, 2.75) is 31.6 Å². The second kappa shape index (κ2) is 10.7. The Morgan fingerprint density at radius 1 is 1.43 bits per heavy atom. The van der Waals surface area contributed by atoms with E-state index in [0.717, 1.165) is 0 Å². The molecular weight excluding hydrogens is 388 g/mol. The maximum atomic E-state index is 12.0. The van der Waals surface area contributed by atoms with Gasteiger partial charge in [-0.25, -0.2) is 4.79 Å². The molecule has 1 aliphatic heterocycles. The molecule has 0 unspecified atom stereocenters. The molecule has 1 aliphatic rings. The molecule has 0 bridgehead atoms. The minimum absolute atomic E-state index is 0.0321. The van der Waals surface area contributed by atoms with Gasteiger partial charge in [0.05, 0.1) is 25.0 Å². The molecule has 10 nitrogen and oxygen atoms in total. The Labute approximate surface area is 164 Å². The molecule has 2 amide bonds. The van der Waals surface area contributed by atoms with Crippen molar-refractivity contribution in [1.82, 2.24) is 14.9 Å². The van der Waals surface area contributed by atoms with Crippen LogP contribution in [0, 0.1) is 11.8 Å². The van der Waals surface area contributed by atoms with Gasteiger partial charge in [0.2, 0.25) is 11.8 Å². The number of nitrogens with one attached hydrogen (secondary N) is 2. The zero-order valence-corrected chi connectivity index (χ0v) is 15.9. The van der Waals surface area contributed by atoms with Crippen molar-refractivity contribution in [3.63, 3.8) is 0 Å². The van der Waals surface area contributed by atoms with Crippen molar-refractivity contribution >= 4 is 23.6 Å². The van der Waals surface area contributed by atoms with E-state index in [1.54, 1.807) is 0 Å². The molecule has 152 valence electrons. The Bertz CT molecular complexity index is 884. The lowest BCUT2D eigenvalue weighted by atomic mass is 10.2. The number of carbonyl (C=O) groups is 2. The molecule has 1 aromatic rings. The second-order valence-electron chi connectivity index (χ2n) is 6.03. The van der Waals surface area contributed by atoms with Crippen LogP contribution < -0.4 is 22.3 Å². The monoisotopic (exact) mass is 410 g/mol. The number of nitrogens with zero attached hydrogens (tertiary/aromatic N) is 1. The molecular formula is C17H22N4O6S. The van der Waals surface area contributed by atoms with E-state index < -0.39 is 23.4 Å². The van der Waals surface area contributed by atoms with E-state index in [2.05, 4.69) is 22.1 Å². The average Bonchev–Trinajstić information content (AvgIpc) is 3.12. The first-order valence-electron chi connectivity index (χ1n) is 8.64. The first-order valence-corrected chi connectivity index (χ1v) is 9.79. The maximum Gasteiger partial charge on any atom is 0.330 e. The van der Waals surface area contributed by atoms with Crippen LogP contribution in [0.5, 0.6) is 0 Å². The highest BCUT2D eigenvalue weighted by molar-refractivity contribution is 7.99. The summed E-state index contributed by atoms with van der Waals surface area (Å²) in [6.07, 6.45) is 1.77. The van der Waals surface area contributed by atoms with Crippen LogP contribution in [-0.2, 0) is 14.3 Å². The smallest absolute Gasteiger partial charge is 0.330 e. The third-order valence-corrected chi connectivity index (χ3v) is 4.86. The highest BCUT2D eigenvalue weighted by Gasteiger charge is 2.27. The molecule has 2 heterocycles. The van der Waals surface area contributed by atoms with E-state index in [9.17, 15) is 19.2 Å². The van der Waals surface area contributed by atoms with E-state index >= 15 is 0 Å². The number of H-pyrrole nitrogens is 1. The quantitative estimate of drug-likeness (QED) is 0.293. The number of aliphatic hydroxyl groups is 1. The van der Waals surface area contributed by atoms with Crippen LogP contribution in [0.25, 0.3) is 0 Å². The summed E-state index contributed by atoms with van der Waals surface area (Å²) in [6.45, 7) is -0.105. The van der Waals surface area contributed by atoms with Crippen LogP contribution in [0.2, 0.25) is 0 Å². The number of thioether (sulfide) groups is 1. The molecule has 1 aromatic heterocycles. The molecule has 0 aromatic carbocycles. The van der Waals surface area contributed by atoms with Crippen molar-refractivity contribution in [3.05, 3.63) is 32.6 Å². The molecule has 0 spiro atoms. The first kappa shape index (κ1) is 21.7. The van der Waals surface area contributed by atoms with E-state index in [1.165, 1.54) is 22.5 Å². The molecule has 2 atom stereocenters. The summed E-state index contributed by atoms with van der Waals surface area (Å²) >= 11 is 1.27. The van der Waals surface area contributed by atoms with Crippen molar-refractivity contribution in [3.8, 4) is 11.8 Å².